The summed E-state index contributed by atoms with van der Waals surface area (Å²) in [5.74, 6) is -0.0686. The maximum atomic E-state index is 11.8. The van der Waals surface area contributed by atoms with Crippen molar-refractivity contribution >= 4 is 34.1 Å². The molecule has 100 valence electrons. The molecule has 0 atom stereocenters. The van der Waals surface area contributed by atoms with Crippen LogP contribution in [0.3, 0.4) is 0 Å². The highest BCUT2D eigenvalue weighted by molar-refractivity contribution is 6.35. The zero-order chi connectivity index (χ0) is 13.7. The Morgan fingerprint density at radius 1 is 1.32 bits per heavy atom. The van der Waals surface area contributed by atoms with Gasteiger partial charge in [0, 0.05) is 24.6 Å². The molecule has 2 rings (SSSR count). The molecule has 0 bridgehead atoms. The van der Waals surface area contributed by atoms with Gasteiger partial charge in [-0.3, -0.25) is 9.78 Å². The molecule has 0 aliphatic carbocycles. The van der Waals surface area contributed by atoms with Crippen molar-refractivity contribution in [3.05, 3.63) is 35.5 Å². The number of carbonyl (C=O) groups excluding carboxylic acids is 1. The number of hydrogen-bond acceptors (Lipinski definition) is 3. The first kappa shape index (κ1) is 13.8. The standard InChI is InChI=1S/C14H15ClN2O2/c15-11-6-7-12(10-4-3-8-16-14(10)11)17-13(19)5-1-2-9-18/h3-4,6-8,18H,1-2,5,9H2,(H,17,19). The summed E-state index contributed by atoms with van der Waals surface area (Å²) in [6.07, 6.45) is 3.37. The van der Waals surface area contributed by atoms with Crippen LogP contribution >= 0.6 is 11.6 Å². The molecule has 1 amide bonds. The number of pyridine rings is 1. The molecule has 19 heavy (non-hydrogen) atoms. The highest BCUT2D eigenvalue weighted by Crippen LogP contribution is 2.28. The third kappa shape index (κ3) is 3.43. The predicted molar refractivity (Wildman–Crippen MR) is 76.3 cm³/mol. The number of nitrogens with zero attached hydrogens (tertiary/aromatic N) is 1. The van der Waals surface area contributed by atoms with Crippen molar-refractivity contribution in [2.24, 2.45) is 0 Å². The lowest BCUT2D eigenvalue weighted by Gasteiger charge is -2.09. The van der Waals surface area contributed by atoms with Crippen LogP contribution in [-0.4, -0.2) is 22.6 Å². The molecule has 2 aromatic rings. The fraction of sp³-hybridized carbons (Fsp3) is 0.286. The second-order valence-electron chi connectivity index (χ2n) is 4.22. The molecule has 0 unspecified atom stereocenters. The third-order valence-corrected chi connectivity index (χ3v) is 3.11. The summed E-state index contributed by atoms with van der Waals surface area (Å²) in [5, 5.41) is 12.9. The van der Waals surface area contributed by atoms with E-state index in [2.05, 4.69) is 10.3 Å². The summed E-state index contributed by atoms with van der Waals surface area (Å²) in [7, 11) is 0. The molecule has 0 spiro atoms. The number of aliphatic hydroxyl groups excluding tert-OH is 1. The van der Waals surface area contributed by atoms with E-state index in [0.29, 0.717) is 35.5 Å². The predicted octanol–water partition coefficient (Wildman–Crippen LogP) is 2.99. The van der Waals surface area contributed by atoms with Gasteiger partial charge in [0.25, 0.3) is 0 Å². The molecule has 2 N–H and O–H groups in total. The normalized spacial score (nSPS) is 10.6. The molecule has 4 nitrogen and oxygen atoms in total. The van der Waals surface area contributed by atoms with E-state index < -0.39 is 0 Å². The molecule has 5 heteroatoms. The van der Waals surface area contributed by atoms with E-state index in [9.17, 15) is 4.79 Å². The minimum absolute atomic E-state index is 0.0686. The van der Waals surface area contributed by atoms with Crippen LogP contribution < -0.4 is 5.32 Å². The lowest BCUT2D eigenvalue weighted by atomic mass is 10.1. The van der Waals surface area contributed by atoms with E-state index in [1.807, 2.05) is 6.07 Å². The number of aliphatic hydroxyl groups is 1. The molecule has 1 heterocycles. The average Bonchev–Trinajstić information content (AvgIpc) is 2.43. The van der Waals surface area contributed by atoms with Crippen LogP contribution in [-0.2, 0) is 4.79 Å². The van der Waals surface area contributed by atoms with Crippen LogP contribution in [0, 0.1) is 0 Å². The molecule has 0 saturated heterocycles. The van der Waals surface area contributed by atoms with E-state index in [1.54, 1.807) is 24.4 Å². The lowest BCUT2D eigenvalue weighted by Crippen LogP contribution is -2.11. The van der Waals surface area contributed by atoms with Crippen LogP contribution in [0.1, 0.15) is 19.3 Å². The van der Waals surface area contributed by atoms with Gasteiger partial charge in [0.05, 0.1) is 16.2 Å². The first-order chi connectivity index (χ1) is 9.22. The van der Waals surface area contributed by atoms with Crippen LogP contribution in [0.2, 0.25) is 5.02 Å². The Morgan fingerprint density at radius 2 is 2.16 bits per heavy atom. The summed E-state index contributed by atoms with van der Waals surface area (Å²) in [5.41, 5.74) is 1.39. The molecule has 1 aromatic carbocycles. The Labute approximate surface area is 116 Å². The number of unbranched alkanes of at least 4 members (excludes halogenated alkanes) is 1. The van der Waals surface area contributed by atoms with Gasteiger partial charge in [-0.2, -0.15) is 0 Å². The van der Waals surface area contributed by atoms with E-state index in [4.69, 9.17) is 16.7 Å². The zero-order valence-electron chi connectivity index (χ0n) is 10.4. The number of benzene rings is 1. The van der Waals surface area contributed by atoms with Crippen molar-refractivity contribution in [1.82, 2.24) is 4.98 Å². The average molecular weight is 279 g/mol. The second kappa shape index (κ2) is 6.50. The molecule has 1 aromatic heterocycles. The quantitative estimate of drug-likeness (QED) is 0.827. The molecule has 0 aliphatic rings. The van der Waals surface area contributed by atoms with Crippen molar-refractivity contribution in [1.29, 1.82) is 0 Å². The van der Waals surface area contributed by atoms with Crippen molar-refractivity contribution in [3.63, 3.8) is 0 Å². The van der Waals surface area contributed by atoms with Gasteiger partial charge in [-0.1, -0.05) is 11.6 Å². The summed E-state index contributed by atoms with van der Waals surface area (Å²) in [6, 6.07) is 7.17. The lowest BCUT2D eigenvalue weighted by molar-refractivity contribution is -0.116. The first-order valence-corrected chi connectivity index (χ1v) is 6.54. The monoisotopic (exact) mass is 278 g/mol. The van der Waals surface area contributed by atoms with E-state index in [1.165, 1.54) is 0 Å². The number of nitrogens with one attached hydrogen (secondary N) is 1. The van der Waals surface area contributed by atoms with Crippen LogP contribution in [0.15, 0.2) is 30.5 Å². The van der Waals surface area contributed by atoms with Gasteiger partial charge in [-0.25, -0.2) is 0 Å². The maximum absolute atomic E-state index is 11.8. The van der Waals surface area contributed by atoms with E-state index >= 15 is 0 Å². The summed E-state index contributed by atoms with van der Waals surface area (Å²) in [4.78, 5) is 16.0. The number of halogens is 1. The molecule has 0 fully saturated rings. The summed E-state index contributed by atoms with van der Waals surface area (Å²) < 4.78 is 0. The zero-order valence-corrected chi connectivity index (χ0v) is 11.2. The van der Waals surface area contributed by atoms with Gasteiger partial charge < -0.3 is 10.4 Å². The highest BCUT2D eigenvalue weighted by Gasteiger charge is 2.08. The molecule has 0 radical (unpaired) electrons. The fourth-order valence-corrected chi connectivity index (χ4v) is 2.07. The number of aromatic nitrogens is 1. The number of carbonyl (C=O) groups is 1. The van der Waals surface area contributed by atoms with Gasteiger partial charge in [-0.15, -0.1) is 0 Å². The van der Waals surface area contributed by atoms with E-state index in [-0.39, 0.29) is 12.5 Å². The minimum atomic E-state index is -0.0686. The Morgan fingerprint density at radius 3 is 2.95 bits per heavy atom. The van der Waals surface area contributed by atoms with Gasteiger partial charge in [0.1, 0.15) is 0 Å². The van der Waals surface area contributed by atoms with E-state index in [0.717, 1.165) is 5.39 Å². The fourth-order valence-electron chi connectivity index (χ4n) is 1.86. The van der Waals surface area contributed by atoms with Crippen molar-refractivity contribution < 1.29 is 9.90 Å². The Kier molecular flexibility index (Phi) is 4.71. The van der Waals surface area contributed by atoms with Crippen molar-refractivity contribution in [2.45, 2.75) is 19.3 Å². The van der Waals surface area contributed by atoms with Gasteiger partial charge in [0.15, 0.2) is 0 Å². The first-order valence-electron chi connectivity index (χ1n) is 6.16. The smallest absolute Gasteiger partial charge is 0.224 e. The van der Waals surface area contributed by atoms with Gasteiger partial charge in [0.2, 0.25) is 5.91 Å². The molecular weight excluding hydrogens is 264 g/mol. The summed E-state index contributed by atoms with van der Waals surface area (Å²) in [6.45, 7) is 0.112. The molecular formula is C14H15ClN2O2. The minimum Gasteiger partial charge on any atom is -0.396 e. The number of anilines is 1. The van der Waals surface area contributed by atoms with Crippen LogP contribution in [0.4, 0.5) is 5.69 Å². The number of fused-ring (bicyclic) bond motifs is 1. The number of amides is 1. The number of hydrogen-bond donors (Lipinski definition) is 2. The van der Waals surface area contributed by atoms with Crippen molar-refractivity contribution in [3.8, 4) is 0 Å². The Hall–Kier alpha value is -1.65. The van der Waals surface area contributed by atoms with Crippen molar-refractivity contribution in [2.75, 3.05) is 11.9 Å². The molecule has 0 aliphatic heterocycles. The van der Waals surface area contributed by atoms with Gasteiger partial charge in [-0.05, 0) is 37.1 Å². The molecule has 0 saturated carbocycles. The third-order valence-electron chi connectivity index (χ3n) is 2.81. The number of rotatable bonds is 5. The second-order valence-corrected chi connectivity index (χ2v) is 4.63. The Balaban J connectivity index is 2.17. The Bertz CT molecular complexity index is 587. The maximum Gasteiger partial charge on any atom is 0.224 e. The topological polar surface area (TPSA) is 62.2 Å². The highest BCUT2D eigenvalue weighted by atomic mass is 35.5. The summed E-state index contributed by atoms with van der Waals surface area (Å²) >= 11 is 6.06. The van der Waals surface area contributed by atoms with Crippen LogP contribution in [0.5, 0.6) is 0 Å². The SMILES string of the molecule is O=C(CCCCO)Nc1ccc(Cl)c2ncccc12. The largest absolute Gasteiger partial charge is 0.396 e. The van der Waals surface area contributed by atoms with Crippen LogP contribution in [0.25, 0.3) is 10.9 Å². The van der Waals surface area contributed by atoms with Gasteiger partial charge >= 0.3 is 0 Å².